The molecular weight excluding hydrogens is 524 g/mol. The van der Waals surface area contributed by atoms with Gasteiger partial charge < -0.3 is 15.0 Å². The molecule has 0 saturated heterocycles. The number of anilines is 1. The highest BCUT2D eigenvalue weighted by Gasteiger charge is 2.37. The first-order valence-electron chi connectivity index (χ1n) is 15.5. The summed E-state index contributed by atoms with van der Waals surface area (Å²) in [6.45, 7) is 16.4. The lowest BCUT2D eigenvalue weighted by Crippen LogP contribution is -2.22. The molecular formula is C40H45N2O-. The van der Waals surface area contributed by atoms with Crippen molar-refractivity contribution in [2.45, 2.75) is 64.7 Å². The second kappa shape index (κ2) is 12.6. The maximum atomic E-state index is 6.66. The quantitative estimate of drug-likeness (QED) is 0.240. The van der Waals surface area contributed by atoms with Gasteiger partial charge in [0.05, 0.1) is 0 Å². The van der Waals surface area contributed by atoms with E-state index in [4.69, 9.17) is 10.1 Å². The predicted octanol–water partition coefficient (Wildman–Crippen LogP) is 10.9. The fourth-order valence-electron chi connectivity index (χ4n) is 6.33. The van der Waals surface area contributed by atoms with Crippen molar-refractivity contribution in [3.8, 4) is 5.75 Å². The zero-order valence-electron chi connectivity index (χ0n) is 26.7. The SMILES string of the molecule is C=C(/C=C/C1=C(Oc2ccccc2)C(=C/C=C2/N(C)c3ccccc3C2(C)C)/CCC1)C(C)(C)c1ccccc1[N-]CC. The molecule has 1 heterocycles. The molecule has 3 aromatic carbocycles. The van der Waals surface area contributed by atoms with E-state index in [1.54, 1.807) is 0 Å². The molecule has 0 bridgehead atoms. The Hall–Kier alpha value is -4.24. The van der Waals surface area contributed by atoms with Gasteiger partial charge in [-0.15, -0.1) is 12.2 Å². The Kier molecular flexibility index (Phi) is 8.82. The lowest BCUT2D eigenvalue weighted by Gasteiger charge is -2.34. The highest BCUT2D eigenvalue weighted by Crippen LogP contribution is 2.47. The monoisotopic (exact) mass is 569 g/mol. The molecule has 0 N–H and O–H groups in total. The lowest BCUT2D eigenvalue weighted by atomic mass is 9.77. The first-order chi connectivity index (χ1) is 20.6. The minimum atomic E-state index is -0.266. The van der Waals surface area contributed by atoms with E-state index >= 15 is 0 Å². The van der Waals surface area contributed by atoms with Gasteiger partial charge >= 0.3 is 0 Å². The third kappa shape index (κ3) is 6.13. The molecule has 3 heteroatoms. The Morgan fingerprint density at radius 1 is 0.953 bits per heavy atom. The Labute approximate surface area is 259 Å². The molecule has 0 spiro atoms. The lowest BCUT2D eigenvalue weighted by molar-refractivity contribution is 0.415. The average molecular weight is 570 g/mol. The normalized spacial score (nSPS) is 18.4. The van der Waals surface area contributed by atoms with Gasteiger partial charge in [-0.05, 0) is 65.8 Å². The van der Waals surface area contributed by atoms with Crippen LogP contribution < -0.4 is 9.64 Å². The number of nitrogens with zero attached hydrogens (tertiary/aromatic N) is 2. The molecule has 0 saturated carbocycles. The Morgan fingerprint density at radius 3 is 2.40 bits per heavy atom. The summed E-state index contributed by atoms with van der Waals surface area (Å²) in [6, 6.07) is 27.2. The van der Waals surface area contributed by atoms with Crippen LogP contribution >= 0.6 is 0 Å². The number of benzene rings is 3. The van der Waals surface area contributed by atoms with Crippen molar-refractivity contribution in [2.75, 3.05) is 18.5 Å². The van der Waals surface area contributed by atoms with Gasteiger partial charge in [-0.3, -0.25) is 0 Å². The summed E-state index contributed by atoms with van der Waals surface area (Å²) >= 11 is 0. The molecule has 0 fully saturated rings. The largest absolute Gasteiger partial charge is 0.684 e. The summed E-state index contributed by atoms with van der Waals surface area (Å²) in [4.78, 5) is 2.33. The minimum absolute atomic E-state index is 0.0757. The van der Waals surface area contributed by atoms with Crippen LogP contribution in [0.5, 0.6) is 5.75 Å². The summed E-state index contributed by atoms with van der Waals surface area (Å²) in [7, 11) is 2.17. The standard InChI is InChI=1S/C40H45N2O/c1-8-41-35-23-14-12-21-33(35)39(3,4)29(2)25-26-30-17-16-18-31(38(30)43-32-19-10-9-11-20-32)27-28-37-40(5,6)34-22-13-15-24-36(34)42(37)7/h9-15,19-28H,2,8,16-18H2,1,3-7H3/q-1/b26-25+,31-27+,37-28+. The number of fused-ring (bicyclic) bond motifs is 1. The second-order valence-electron chi connectivity index (χ2n) is 12.5. The van der Waals surface area contributed by atoms with Gasteiger partial charge in [-0.1, -0.05) is 126 Å². The molecule has 2 aliphatic rings. The maximum absolute atomic E-state index is 6.66. The van der Waals surface area contributed by atoms with E-state index in [-0.39, 0.29) is 10.8 Å². The third-order valence-corrected chi connectivity index (χ3v) is 9.02. The van der Waals surface area contributed by atoms with Crippen molar-refractivity contribution in [3.05, 3.63) is 154 Å². The predicted molar refractivity (Wildman–Crippen MR) is 183 cm³/mol. The van der Waals surface area contributed by atoms with Gasteiger partial charge in [0.1, 0.15) is 11.5 Å². The molecule has 0 aromatic heterocycles. The Balaban J connectivity index is 1.51. The van der Waals surface area contributed by atoms with Crippen molar-refractivity contribution in [3.63, 3.8) is 0 Å². The Morgan fingerprint density at radius 2 is 1.65 bits per heavy atom. The van der Waals surface area contributed by atoms with Crippen molar-refractivity contribution in [2.24, 2.45) is 0 Å². The molecule has 1 aliphatic carbocycles. The molecule has 0 atom stereocenters. The summed E-state index contributed by atoms with van der Waals surface area (Å²) in [5.74, 6) is 1.80. The van der Waals surface area contributed by atoms with E-state index < -0.39 is 0 Å². The van der Waals surface area contributed by atoms with Crippen molar-refractivity contribution >= 4 is 11.4 Å². The van der Waals surface area contributed by atoms with Crippen molar-refractivity contribution in [1.82, 2.24) is 0 Å². The molecule has 1 aliphatic heterocycles. The van der Waals surface area contributed by atoms with E-state index in [2.05, 4.69) is 126 Å². The molecule has 43 heavy (non-hydrogen) atoms. The zero-order valence-corrected chi connectivity index (χ0v) is 26.7. The summed E-state index contributed by atoms with van der Waals surface area (Å²) in [5.41, 5.74) is 9.28. The Bertz CT molecular complexity index is 1600. The number of hydrogen-bond donors (Lipinski definition) is 0. The number of para-hydroxylation sites is 3. The number of rotatable bonds is 9. The smallest absolute Gasteiger partial charge is 0.133 e. The molecule has 0 radical (unpaired) electrons. The average Bonchev–Trinajstić information content (AvgIpc) is 3.20. The maximum Gasteiger partial charge on any atom is 0.133 e. The minimum Gasteiger partial charge on any atom is -0.684 e. The number of likely N-dealkylation sites (N-methyl/N-ethyl adjacent to an activating group) is 1. The number of hydrogen-bond acceptors (Lipinski definition) is 2. The zero-order chi connectivity index (χ0) is 30.6. The molecule has 222 valence electrons. The van der Waals surface area contributed by atoms with Crippen LogP contribution in [0.4, 0.5) is 11.4 Å². The second-order valence-corrected chi connectivity index (χ2v) is 12.5. The van der Waals surface area contributed by atoms with E-state index in [9.17, 15) is 0 Å². The van der Waals surface area contributed by atoms with Gasteiger partial charge in [-0.25, -0.2) is 0 Å². The van der Waals surface area contributed by atoms with Gasteiger partial charge in [0, 0.05) is 29.3 Å². The van der Waals surface area contributed by atoms with Gasteiger partial charge in [0.15, 0.2) is 0 Å². The van der Waals surface area contributed by atoms with E-state index in [0.717, 1.165) is 48.6 Å². The summed E-state index contributed by atoms with van der Waals surface area (Å²) < 4.78 is 6.66. The van der Waals surface area contributed by atoms with Crippen LogP contribution in [-0.4, -0.2) is 13.6 Å². The number of allylic oxidation sites excluding steroid dienone is 8. The third-order valence-electron chi connectivity index (χ3n) is 9.02. The first-order valence-corrected chi connectivity index (χ1v) is 15.5. The van der Waals surface area contributed by atoms with Gasteiger partial charge in [0.2, 0.25) is 0 Å². The molecule has 0 amide bonds. The summed E-state index contributed by atoms with van der Waals surface area (Å²) in [5, 5.41) is 4.75. The highest BCUT2D eigenvalue weighted by molar-refractivity contribution is 5.70. The van der Waals surface area contributed by atoms with Crippen LogP contribution in [0, 0.1) is 0 Å². The van der Waals surface area contributed by atoms with Crippen LogP contribution in [0.2, 0.25) is 0 Å². The number of ether oxygens (including phenoxy) is 1. The van der Waals surface area contributed by atoms with E-state index in [1.165, 1.54) is 33.7 Å². The fourth-order valence-corrected chi connectivity index (χ4v) is 6.33. The van der Waals surface area contributed by atoms with Crippen LogP contribution in [-0.2, 0) is 10.8 Å². The molecule has 5 rings (SSSR count). The van der Waals surface area contributed by atoms with Crippen molar-refractivity contribution < 1.29 is 4.74 Å². The van der Waals surface area contributed by atoms with Crippen LogP contribution in [0.15, 0.2) is 138 Å². The molecule has 0 unspecified atom stereocenters. The first kappa shape index (κ1) is 30.2. The van der Waals surface area contributed by atoms with E-state index in [1.807, 2.05) is 30.3 Å². The van der Waals surface area contributed by atoms with Gasteiger partial charge in [-0.2, -0.15) is 0 Å². The molecule has 3 aromatic rings. The van der Waals surface area contributed by atoms with Crippen molar-refractivity contribution in [1.29, 1.82) is 0 Å². The van der Waals surface area contributed by atoms with E-state index in [0.29, 0.717) is 0 Å². The van der Waals surface area contributed by atoms with Crippen LogP contribution in [0.1, 0.15) is 65.0 Å². The fraction of sp³-hybridized carbons (Fsp3) is 0.300. The van der Waals surface area contributed by atoms with Gasteiger partial charge in [0.25, 0.3) is 0 Å². The summed E-state index contributed by atoms with van der Waals surface area (Å²) in [6.07, 6.45) is 12.0. The van der Waals surface area contributed by atoms with Crippen LogP contribution in [0.25, 0.3) is 5.32 Å². The highest BCUT2D eigenvalue weighted by atomic mass is 16.5. The molecule has 3 nitrogen and oxygen atoms in total. The topological polar surface area (TPSA) is 26.6 Å². The van der Waals surface area contributed by atoms with Crippen LogP contribution in [0.3, 0.4) is 0 Å².